The van der Waals surface area contributed by atoms with Gasteiger partial charge in [-0.1, -0.05) is 29.5 Å². The lowest BCUT2D eigenvalue weighted by atomic mass is 9.90. The fourth-order valence-electron chi connectivity index (χ4n) is 3.80. The van der Waals surface area contributed by atoms with Crippen LogP contribution in [0.15, 0.2) is 24.3 Å². The molecule has 2 heterocycles. The first-order valence-corrected chi connectivity index (χ1v) is 11.3. The van der Waals surface area contributed by atoms with Crippen molar-refractivity contribution in [3.05, 3.63) is 51.7 Å². The lowest BCUT2D eigenvalue weighted by Crippen LogP contribution is -2.22. The number of hydrogen-bond donors (Lipinski definition) is 1. The Morgan fingerprint density at radius 3 is 2.66 bits per heavy atom. The van der Waals surface area contributed by atoms with Gasteiger partial charge in [-0.25, -0.2) is 14.6 Å². The van der Waals surface area contributed by atoms with Gasteiger partial charge >= 0.3 is 11.9 Å². The van der Waals surface area contributed by atoms with Gasteiger partial charge in [-0.2, -0.15) is 0 Å². The summed E-state index contributed by atoms with van der Waals surface area (Å²) in [6.07, 6.45) is 3.61. The Kier molecular flexibility index (Phi) is 6.45. The second-order valence-electron chi connectivity index (χ2n) is 7.41. The molecule has 9 heteroatoms. The molecule has 0 radical (unpaired) electrons. The van der Waals surface area contributed by atoms with Gasteiger partial charge in [0, 0.05) is 11.1 Å². The second kappa shape index (κ2) is 9.44. The highest BCUT2D eigenvalue weighted by Crippen LogP contribution is 2.30. The molecule has 1 amide bonds. The normalized spacial score (nSPS) is 12.8. The number of para-hydroxylation sites is 1. The third-order valence-electron chi connectivity index (χ3n) is 5.21. The van der Waals surface area contributed by atoms with Gasteiger partial charge < -0.3 is 9.47 Å². The monoisotopic (exact) mass is 453 g/mol. The molecular weight excluding hydrogens is 430 g/mol. The standard InChI is InChI=1S/C23H23N3O5S/c1-3-30-22(29)20-13(2)24-23(32-20)26-18(27)12-31-21(28)19-14-8-4-6-10-16(14)25-17-11-7-5-9-15(17)19/h4,6,8,10H,3,5,7,9,11-12H2,1-2H3,(H,24,26,27). The van der Waals surface area contributed by atoms with Crippen molar-refractivity contribution in [2.45, 2.75) is 39.5 Å². The number of pyridine rings is 1. The van der Waals surface area contributed by atoms with E-state index in [-0.39, 0.29) is 11.7 Å². The van der Waals surface area contributed by atoms with Crippen LogP contribution < -0.4 is 5.32 Å². The van der Waals surface area contributed by atoms with Crippen LogP contribution in [0.5, 0.6) is 0 Å². The van der Waals surface area contributed by atoms with E-state index in [2.05, 4.69) is 10.3 Å². The third kappa shape index (κ3) is 4.47. The van der Waals surface area contributed by atoms with Crippen LogP contribution >= 0.6 is 11.3 Å². The zero-order valence-corrected chi connectivity index (χ0v) is 18.7. The molecule has 1 aliphatic rings. The molecule has 0 fully saturated rings. The second-order valence-corrected chi connectivity index (χ2v) is 8.41. The summed E-state index contributed by atoms with van der Waals surface area (Å²) in [4.78, 5) is 46.5. The van der Waals surface area contributed by atoms with Crippen LogP contribution in [0.2, 0.25) is 0 Å². The fraction of sp³-hybridized carbons (Fsp3) is 0.348. The van der Waals surface area contributed by atoms with Gasteiger partial charge in [0.1, 0.15) is 4.88 Å². The predicted octanol–water partition coefficient (Wildman–Crippen LogP) is 3.85. The van der Waals surface area contributed by atoms with E-state index in [9.17, 15) is 14.4 Å². The molecule has 0 aliphatic heterocycles. The smallest absolute Gasteiger partial charge is 0.350 e. The largest absolute Gasteiger partial charge is 0.462 e. The van der Waals surface area contributed by atoms with E-state index in [1.54, 1.807) is 13.8 Å². The van der Waals surface area contributed by atoms with Crippen LogP contribution in [-0.4, -0.2) is 41.0 Å². The Bertz CT molecular complexity index is 1200. The molecule has 0 atom stereocenters. The number of anilines is 1. The number of thiazole rings is 1. The maximum atomic E-state index is 13.0. The number of carbonyl (C=O) groups excluding carboxylic acids is 3. The number of benzene rings is 1. The van der Waals surface area contributed by atoms with E-state index in [0.717, 1.165) is 59.2 Å². The number of esters is 2. The number of aryl methyl sites for hydroxylation is 2. The number of amides is 1. The van der Waals surface area contributed by atoms with Crippen molar-refractivity contribution in [3.8, 4) is 0 Å². The molecule has 8 nitrogen and oxygen atoms in total. The van der Waals surface area contributed by atoms with Crippen molar-refractivity contribution < 1.29 is 23.9 Å². The van der Waals surface area contributed by atoms with E-state index in [0.29, 0.717) is 16.1 Å². The molecule has 2 aromatic heterocycles. The maximum Gasteiger partial charge on any atom is 0.350 e. The van der Waals surface area contributed by atoms with Crippen molar-refractivity contribution >= 4 is 45.2 Å². The van der Waals surface area contributed by atoms with Crippen LogP contribution in [0.4, 0.5) is 5.13 Å². The number of carbonyl (C=O) groups is 3. The molecular formula is C23H23N3O5S. The van der Waals surface area contributed by atoms with Gasteiger partial charge in [0.15, 0.2) is 11.7 Å². The minimum atomic E-state index is -0.542. The van der Waals surface area contributed by atoms with E-state index in [1.165, 1.54) is 0 Å². The summed E-state index contributed by atoms with van der Waals surface area (Å²) in [7, 11) is 0. The molecule has 32 heavy (non-hydrogen) atoms. The number of fused-ring (bicyclic) bond motifs is 2. The predicted molar refractivity (Wildman–Crippen MR) is 120 cm³/mol. The molecule has 1 aliphatic carbocycles. The molecule has 1 N–H and O–H groups in total. The molecule has 166 valence electrons. The van der Waals surface area contributed by atoms with Crippen molar-refractivity contribution in [1.29, 1.82) is 0 Å². The van der Waals surface area contributed by atoms with Gasteiger partial charge in [0.25, 0.3) is 5.91 Å². The molecule has 0 saturated heterocycles. The summed E-state index contributed by atoms with van der Waals surface area (Å²) in [5.41, 5.74) is 3.55. The Morgan fingerprint density at radius 1 is 1.06 bits per heavy atom. The van der Waals surface area contributed by atoms with Crippen molar-refractivity contribution in [2.24, 2.45) is 0 Å². The molecule has 4 rings (SSSR count). The van der Waals surface area contributed by atoms with E-state index >= 15 is 0 Å². The topological polar surface area (TPSA) is 107 Å². The number of rotatable bonds is 6. The minimum Gasteiger partial charge on any atom is -0.462 e. The highest BCUT2D eigenvalue weighted by Gasteiger charge is 2.24. The van der Waals surface area contributed by atoms with Crippen LogP contribution in [0.25, 0.3) is 10.9 Å². The third-order valence-corrected chi connectivity index (χ3v) is 6.26. The number of ether oxygens (including phenoxy) is 2. The van der Waals surface area contributed by atoms with Gasteiger partial charge in [0.2, 0.25) is 0 Å². The quantitative estimate of drug-likeness (QED) is 0.565. The van der Waals surface area contributed by atoms with Crippen molar-refractivity contribution in [2.75, 3.05) is 18.5 Å². The van der Waals surface area contributed by atoms with E-state index in [1.807, 2.05) is 24.3 Å². The number of nitrogens with one attached hydrogen (secondary N) is 1. The summed E-state index contributed by atoms with van der Waals surface area (Å²) in [5.74, 6) is -1.56. The van der Waals surface area contributed by atoms with Gasteiger partial charge in [-0.3, -0.25) is 15.1 Å². The Labute approximate surface area is 189 Å². The summed E-state index contributed by atoms with van der Waals surface area (Å²) in [5, 5.41) is 3.56. The highest BCUT2D eigenvalue weighted by molar-refractivity contribution is 7.17. The molecule has 0 unspecified atom stereocenters. The van der Waals surface area contributed by atoms with E-state index < -0.39 is 24.5 Å². The highest BCUT2D eigenvalue weighted by atomic mass is 32.1. The average molecular weight is 454 g/mol. The van der Waals surface area contributed by atoms with Crippen LogP contribution in [-0.2, 0) is 27.1 Å². The van der Waals surface area contributed by atoms with Crippen molar-refractivity contribution in [1.82, 2.24) is 9.97 Å². The molecule has 1 aromatic carbocycles. The molecule has 0 saturated carbocycles. The van der Waals surface area contributed by atoms with Crippen LogP contribution in [0.1, 0.15) is 56.7 Å². The SMILES string of the molecule is CCOC(=O)c1sc(NC(=O)COC(=O)c2c3c(nc4ccccc24)CCCC3)nc1C. The Hall–Kier alpha value is -3.33. The maximum absolute atomic E-state index is 13.0. The zero-order chi connectivity index (χ0) is 22.7. The van der Waals surface area contributed by atoms with Crippen LogP contribution in [0.3, 0.4) is 0 Å². The minimum absolute atomic E-state index is 0.248. The lowest BCUT2D eigenvalue weighted by molar-refractivity contribution is -0.119. The first-order chi connectivity index (χ1) is 15.5. The summed E-state index contributed by atoms with van der Waals surface area (Å²) < 4.78 is 10.3. The Balaban J connectivity index is 1.48. The number of aromatic nitrogens is 2. The van der Waals surface area contributed by atoms with Crippen molar-refractivity contribution in [3.63, 3.8) is 0 Å². The molecule has 0 spiro atoms. The zero-order valence-electron chi connectivity index (χ0n) is 17.9. The average Bonchev–Trinajstić information content (AvgIpc) is 3.15. The lowest BCUT2D eigenvalue weighted by Gasteiger charge is -2.19. The van der Waals surface area contributed by atoms with Gasteiger partial charge in [-0.05, 0) is 51.2 Å². The molecule has 0 bridgehead atoms. The summed E-state index contributed by atoms with van der Waals surface area (Å²) in [6, 6.07) is 7.46. The first-order valence-electron chi connectivity index (χ1n) is 10.5. The fourth-order valence-corrected chi connectivity index (χ4v) is 4.68. The number of hydrogen-bond acceptors (Lipinski definition) is 8. The first kappa shape index (κ1) is 21.9. The Morgan fingerprint density at radius 2 is 1.84 bits per heavy atom. The summed E-state index contributed by atoms with van der Waals surface area (Å²) in [6.45, 7) is 3.17. The van der Waals surface area contributed by atoms with E-state index in [4.69, 9.17) is 14.5 Å². The van der Waals surface area contributed by atoms with Crippen LogP contribution in [0, 0.1) is 6.92 Å². The number of nitrogens with zero attached hydrogens (tertiary/aromatic N) is 2. The van der Waals surface area contributed by atoms with Gasteiger partial charge in [0.05, 0.1) is 23.4 Å². The summed E-state index contributed by atoms with van der Waals surface area (Å²) >= 11 is 1.02. The van der Waals surface area contributed by atoms with Gasteiger partial charge in [-0.15, -0.1) is 0 Å². The molecule has 3 aromatic rings.